The summed E-state index contributed by atoms with van der Waals surface area (Å²) < 4.78 is 5.66. The van der Waals surface area contributed by atoms with Gasteiger partial charge < -0.3 is 16.2 Å². The monoisotopic (exact) mass is 341 g/mol. The molecule has 3 aromatic rings. The van der Waals surface area contributed by atoms with Crippen molar-refractivity contribution in [1.82, 2.24) is 4.98 Å². The molecule has 0 spiro atoms. The van der Waals surface area contributed by atoms with Gasteiger partial charge in [0.05, 0.1) is 6.61 Å². The molecule has 0 aliphatic carbocycles. The molecule has 1 heterocycles. The predicted molar refractivity (Wildman–Crippen MR) is 99.9 cm³/mol. The average Bonchev–Trinajstić information content (AvgIpc) is 2.60. The third-order valence-corrected chi connectivity index (χ3v) is 4.15. The highest BCUT2D eigenvalue weighted by Crippen LogP contribution is 2.32. The maximum Gasteiger partial charge on any atom is 0.131 e. The first-order valence-electron chi connectivity index (χ1n) is 7.90. The summed E-state index contributed by atoms with van der Waals surface area (Å²) >= 11 is 5.99. The number of hydrogen-bond acceptors (Lipinski definition) is 4. The summed E-state index contributed by atoms with van der Waals surface area (Å²) in [6, 6.07) is 13.9. The summed E-state index contributed by atoms with van der Waals surface area (Å²) in [6.45, 7) is 1.86. The SMILES string of the molecule is NCCCOCc1ccc2c(N)ncc(-c3ccc(Cl)cc3)c2c1. The fourth-order valence-electron chi connectivity index (χ4n) is 2.64. The summed E-state index contributed by atoms with van der Waals surface area (Å²) in [6.07, 6.45) is 2.67. The van der Waals surface area contributed by atoms with Gasteiger partial charge in [0.2, 0.25) is 0 Å². The highest BCUT2D eigenvalue weighted by molar-refractivity contribution is 6.30. The van der Waals surface area contributed by atoms with Crippen molar-refractivity contribution in [3.8, 4) is 11.1 Å². The molecule has 4 nitrogen and oxygen atoms in total. The topological polar surface area (TPSA) is 74.2 Å². The van der Waals surface area contributed by atoms with Crippen molar-refractivity contribution < 1.29 is 4.74 Å². The van der Waals surface area contributed by atoms with E-state index in [1.165, 1.54) is 0 Å². The van der Waals surface area contributed by atoms with Crippen LogP contribution in [0, 0.1) is 0 Å². The molecule has 0 radical (unpaired) electrons. The predicted octanol–water partition coefficient (Wildman–Crippen LogP) is 4.00. The van der Waals surface area contributed by atoms with Gasteiger partial charge >= 0.3 is 0 Å². The lowest BCUT2D eigenvalue weighted by molar-refractivity contribution is 0.120. The van der Waals surface area contributed by atoms with E-state index in [1.54, 1.807) is 6.20 Å². The summed E-state index contributed by atoms with van der Waals surface area (Å²) in [5, 5.41) is 2.71. The Morgan fingerprint density at radius 1 is 1.04 bits per heavy atom. The standard InChI is InChI=1S/C19H20ClN3O/c20-15-5-3-14(4-6-15)18-11-23-19(22)16-7-2-13(10-17(16)18)12-24-9-1-8-21/h2-7,10-11H,1,8-9,12,21H2,(H2,22,23). The fraction of sp³-hybridized carbons (Fsp3) is 0.211. The number of benzene rings is 2. The molecule has 124 valence electrons. The molecule has 0 atom stereocenters. The molecule has 0 saturated heterocycles. The Hall–Kier alpha value is -2.14. The second kappa shape index (κ2) is 7.62. The lowest BCUT2D eigenvalue weighted by Gasteiger charge is -2.11. The van der Waals surface area contributed by atoms with Crippen molar-refractivity contribution >= 4 is 28.2 Å². The number of nitrogen functional groups attached to an aromatic ring is 1. The number of anilines is 1. The summed E-state index contributed by atoms with van der Waals surface area (Å²) in [5.41, 5.74) is 14.7. The van der Waals surface area contributed by atoms with Crippen molar-refractivity contribution in [2.45, 2.75) is 13.0 Å². The Labute approximate surface area is 146 Å². The number of rotatable bonds is 6. The zero-order valence-electron chi connectivity index (χ0n) is 13.3. The van der Waals surface area contributed by atoms with Crippen molar-refractivity contribution in [2.75, 3.05) is 18.9 Å². The Bertz CT molecular complexity index is 834. The molecule has 0 amide bonds. The quantitative estimate of drug-likeness (QED) is 0.664. The Morgan fingerprint density at radius 2 is 1.83 bits per heavy atom. The van der Waals surface area contributed by atoms with E-state index < -0.39 is 0 Å². The van der Waals surface area contributed by atoms with Crippen LogP contribution in [0.15, 0.2) is 48.7 Å². The normalized spacial score (nSPS) is 11.1. The van der Waals surface area contributed by atoms with Crippen LogP contribution in [0.2, 0.25) is 5.02 Å². The number of halogens is 1. The number of hydrogen-bond donors (Lipinski definition) is 2. The lowest BCUT2D eigenvalue weighted by atomic mass is 9.99. The van der Waals surface area contributed by atoms with Gasteiger partial charge in [0.15, 0.2) is 0 Å². The Kier molecular flexibility index (Phi) is 5.30. The number of fused-ring (bicyclic) bond motifs is 1. The van der Waals surface area contributed by atoms with E-state index in [0.29, 0.717) is 30.6 Å². The Balaban J connectivity index is 1.99. The lowest BCUT2D eigenvalue weighted by Crippen LogP contribution is -2.04. The molecule has 0 saturated carbocycles. The fourth-order valence-corrected chi connectivity index (χ4v) is 2.76. The third-order valence-electron chi connectivity index (χ3n) is 3.90. The highest BCUT2D eigenvalue weighted by Gasteiger charge is 2.09. The second-order valence-electron chi connectivity index (χ2n) is 5.64. The van der Waals surface area contributed by atoms with Gasteiger partial charge in [-0.2, -0.15) is 0 Å². The highest BCUT2D eigenvalue weighted by atomic mass is 35.5. The minimum absolute atomic E-state index is 0.526. The van der Waals surface area contributed by atoms with Gasteiger partial charge in [0.1, 0.15) is 5.82 Å². The van der Waals surface area contributed by atoms with Crippen molar-refractivity contribution in [1.29, 1.82) is 0 Å². The molecule has 0 aliphatic rings. The summed E-state index contributed by atoms with van der Waals surface area (Å²) in [5.74, 6) is 0.526. The molecule has 1 aromatic heterocycles. The van der Waals surface area contributed by atoms with Gasteiger partial charge in [0, 0.05) is 28.8 Å². The molecule has 0 aliphatic heterocycles. The first-order valence-corrected chi connectivity index (χ1v) is 8.27. The largest absolute Gasteiger partial charge is 0.383 e. The molecule has 0 fully saturated rings. The van der Waals surface area contributed by atoms with Gasteiger partial charge in [-0.3, -0.25) is 0 Å². The van der Waals surface area contributed by atoms with Crippen LogP contribution in [0.4, 0.5) is 5.82 Å². The van der Waals surface area contributed by atoms with Gasteiger partial charge in [0.25, 0.3) is 0 Å². The molecule has 4 N–H and O–H groups in total. The first kappa shape index (κ1) is 16.7. The minimum atomic E-state index is 0.526. The van der Waals surface area contributed by atoms with Crippen LogP contribution in [0.5, 0.6) is 0 Å². The van der Waals surface area contributed by atoms with Crippen molar-refractivity contribution in [3.05, 3.63) is 59.2 Å². The molecule has 5 heteroatoms. The zero-order valence-corrected chi connectivity index (χ0v) is 14.1. The maximum absolute atomic E-state index is 6.04. The van der Waals surface area contributed by atoms with Gasteiger partial charge in [-0.15, -0.1) is 0 Å². The van der Waals surface area contributed by atoms with Crippen LogP contribution in [-0.2, 0) is 11.3 Å². The van der Waals surface area contributed by atoms with E-state index in [2.05, 4.69) is 11.1 Å². The van der Waals surface area contributed by atoms with Gasteiger partial charge in [-0.25, -0.2) is 4.98 Å². The van der Waals surface area contributed by atoms with E-state index in [4.69, 9.17) is 27.8 Å². The van der Waals surface area contributed by atoms with E-state index in [1.807, 2.05) is 36.4 Å². The average molecular weight is 342 g/mol. The maximum atomic E-state index is 6.04. The number of ether oxygens (including phenoxy) is 1. The first-order chi connectivity index (χ1) is 11.7. The van der Waals surface area contributed by atoms with Crippen molar-refractivity contribution in [2.24, 2.45) is 5.73 Å². The van der Waals surface area contributed by atoms with Crippen LogP contribution < -0.4 is 11.5 Å². The molecule has 24 heavy (non-hydrogen) atoms. The van der Waals surface area contributed by atoms with Crippen LogP contribution in [0.3, 0.4) is 0 Å². The van der Waals surface area contributed by atoms with Crippen molar-refractivity contribution in [3.63, 3.8) is 0 Å². The number of nitrogens with two attached hydrogens (primary N) is 2. The van der Waals surface area contributed by atoms with Crippen LogP contribution >= 0.6 is 11.6 Å². The van der Waals surface area contributed by atoms with E-state index in [-0.39, 0.29) is 0 Å². The van der Waals surface area contributed by atoms with E-state index >= 15 is 0 Å². The second-order valence-corrected chi connectivity index (χ2v) is 6.08. The van der Waals surface area contributed by atoms with Crippen LogP contribution in [-0.4, -0.2) is 18.1 Å². The number of aromatic nitrogens is 1. The molecular weight excluding hydrogens is 322 g/mol. The third kappa shape index (κ3) is 3.67. The smallest absolute Gasteiger partial charge is 0.131 e. The van der Waals surface area contributed by atoms with E-state index in [9.17, 15) is 0 Å². The zero-order chi connectivity index (χ0) is 16.9. The minimum Gasteiger partial charge on any atom is -0.383 e. The molecule has 0 bridgehead atoms. The Morgan fingerprint density at radius 3 is 2.58 bits per heavy atom. The summed E-state index contributed by atoms with van der Waals surface area (Å²) in [7, 11) is 0. The molecule has 3 rings (SSSR count). The van der Waals surface area contributed by atoms with Crippen LogP contribution in [0.25, 0.3) is 21.9 Å². The van der Waals surface area contributed by atoms with Crippen LogP contribution in [0.1, 0.15) is 12.0 Å². The van der Waals surface area contributed by atoms with E-state index in [0.717, 1.165) is 33.9 Å². The number of nitrogens with zero attached hydrogens (tertiary/aromatic N) is 1. The van der Waals surface area contributed by atoms with Gasteiger partial charge in [-0.05, 0) is 47.7 Å². The molecule has 2 aromatic carbocycles. The molecular formula is C19H20ClN3O. The number of pyridine rings is 1. The summed E-state index contributed by atoms with van der Waals surface area (Å²) in [4.78, 5) is 4.32. The molecule has 0 unspecified atom stereocenters. The van der Waals surface area contributed by atoms with Gasteiger partial charge in [-0.1, -0.05) is 35.9 Å².